The zero-order valence-corrected chi connectivity index (χ0v) is 11.2. The van der Waals surface area contributed by atoms with Gasteiger partial charge < -0.3 is 5.11 Å². The first-order chi connectivity index (χ1) is 6.43. The van der Waals surface area contributed by atoms with Crippen LogP contribution in [0.15, 0.2) is 12.1 Å². The van der Waals surface area contributed by atoms with E-state index in [1.165, 1.54) is 6.92 Å². The van der Waals surface area contributed by atoms with E-state index in [0.29, 0.717) is 6.07 Å². The Balaban J connectivity index is 0.00000196. The van der Waals surface area contributed by atoms with E-state index in [4.69, 9.17) is 0 Å². The summed E-state index contributed by atoms with van der Waals surface area (Å²) in [5, 5.41) is 31.8. The van der Waals surface area contributed by atoms with E-state index in [0.717, 1.165) is 6.07 Å². The fourth-order valence-electron chi connectivity index (χ4n) is 0.978. The third-order valence-electron chi connectivity index (χ3n) is 1.65. The van der Waals surface area contributed by atoms with Crippen LogP contribution < -0.4 is 56.5 Å². The Morgan fingerprint density at radius 2 is 1.67 bits per heavy atom. The van der Waals surface area contributed by atoms with E-state index in [9.17, 15) is 25.3 Å². The van der Waals surface area contributed by atoms with Crippen molar-refractivity contribution in [2.45, 2.75) is 6.92 Å². The zero-order valence-electron chi connectivity index (χ0n) is 8.09. The molecule has 0 spiro atoms. The molecule has 0 aliphatic rings. The summed E-state index contributed by atoms with van der Waals surface area (Å²) in [5.74, 6) is -0.791. The summed E-state index contributed by atoms with van der Waals surface area (Å²) in [6.07, 6.45) is 0. The predicted molar refractivity (Wildman–Crippen MR) is 43.9 cm³/mol. The smallest absolute Gasteiger partial charge is 0.868 e. The largest absolute Gasteiger partial charge is 1.00 e. The molecule has 15 heavy (non-hydrogen) atoms. The molecule has 0 aromatic heterocycles. The molecular weight excluding hydrogens is 231 g/mol. The van der Waals surface area contributed by atoms with E-state index in [1.54, 1.807) is 0 Å². The minimum atomic E-state index is -0.928. The number of hydrogen-bond acceptors (Lipinski definition) is 5. The number of non-ortho nitro benzene ring substituents is 1. The van der Waals surface area contributed by atoms with Crippen molar-refractivity contribution < 1.29 is 66.3 Å². The fourth-order valence-corrected chi connectivity index (χ4v) is 0.978. The molecule has 74 valence electrons. The van der Waals surface area contributed by atoms with Gasteiger partial charge in [0.25, 0.3) is 11.4 Å². The number of aryl methyl sites for hydroxylation is 1. The van der Waals surface area contributed by atoms with Crippen molar-refractivity contribution in [3.8, 4) is 5.75 Å². The van der Waals surface area contributed by atoms with Crippen LogP contribution >= 0.6 is 0 Å². The van der Waals surface area contributed by atoms with E-state index < -0.39 is 27.0 Å². The van der Waals surface area contributed by atoms with Crippen molar-refractivity contribution in [1.82, 2.24) is 0 Å². The van der Waals surface area contributed by atoms with Crippen LogP contribution in [0.3, 0.4) is 0 Å². The summed E-state index contributed by atoms with van der Waals surface area (Å²) in [4.78, 5) is 18.9. The molecule has 0 N–H and O–H groups in total. The second kappa shape index (κ2) is 5.52. The summed E-state index contributed by atoms with van der Waals surface area (Å²) >= 11 is 0. The van der Waals surface area contributed by atoms with Crippen molar-refractivity contribution >= 4 is 11.4 Å². The first-order valence-corrected chi connectivity index (χ1v) is 3.54. The van der Waals surface area contributed by atoms with Gasteiger partial charge in [0, 0.05) is 6.07 Å². The number of hydrogen-bond donors (Lipinski definition) is 0. The first kappa shape index (κ1) is 14.5. The van der Waals surface area contributed by atoms with Crippen LogP contribution in [0.2, 0.25) is 0 Å². The molecule has 7 nitrogen and oxygen atoms in total. The molecule has 0 atom stereocenters. The Bertz CT molecular complexity index is 420. The third-order valence-corrected chi connectivity index (χ3v) is 1.65. The van der Waals surface area contributed by atoms with Crippen molar-refractivity contribution in [3.63, 3.8) is 0 Å². The average molecular weight is 236 g/mol. The molecule has 0 heterocycles. The summed E-state index contributed by atoms with van der Waals surface area (Å²) in [6.45, 7) is 1.29. The minimum Gasteiger partial charge on any atom is -0.868 e. The Morgan fingerprint density at radius 1 is 1.13 bits per heavy atom. The van der Waals surface area contributed by atoms with Crippen LogP contribution in [0.1, 0.15) is 5.56 Å². The van der Waals surface area contributed by atoms with Gasteiger partial charge in [0.2, 0.25) is 0 Å². The summed E-state index contributed by atoms with van der Waals surface area (Å²) in [5.41, 5.74) is -1.23. The number of rotatable bonds is 2. The molecule has 0 aliphatic carbocycles. The maximum Gasteiger partial charge on any atom is 1.00 e. The molecule has 8 heteroatoms. The predicted octanol–water partition coefficient (Wildman–Crippen LogP) is -2.11. The number of nitro groups is 2. The SMILES string of the molecule is Cc1cc([N+](=O)[O-])cc([N+](=O)[O-])c1[O-].[K+]. The quantitative estimate of drug-likeness (QED) is 0.331. The van der Waals surface area contributed by atoms with Crippen LogP contribution in [-0.4, -0.2) is 9.85 Å². The normalized spacial score (nSPS) is 9.13. The van der Waals surface area contributed by atoms with Gasteiger partial charge in [-0.1, -0.05) is 0 Å². The Labute approximate surface area is 127 Å². The zero-order chi connectivity index (χ0) is 10.9. The Kier molecular flexibility index (Phi) is 5.32. The van der Waals surface area contributed by atoms with Crippen molar-refractivity contribution in [2.24, 2.45) is 0 Å². The molecule has 0 bridgehead atoms. The van der Waals surface area contributed by atoms with Crippen LogP contribution in [0.4, 0.5) is 11.4 Å². The van der Waals surface area contributed by atoms with Gasteiger partial charge in [0.15, 0.2) is 0 Å². The second-order valence-electron chi connectivity index (χ2n) is 2.63. The topological polar surface area (TPSA) is 109 Å². The molecule has 0 saturated carbocycles. The molecule has 1 aromatic carbocycles. The third kappa shape index (κ3) is 3.21. The molecule has 0 fully saturated rings. The molecule has 1 rings (SSSR count). The van der Waals surface area contributed by atoms with Crippen LogP contribution in [-0.2, 0) is 0 Å². The van der Waals surface area contributed by atoms with Gasteiger partial charge in [-0.05, 0) is 18.2 Å². The van der Waals surface area contributed by atoms with E-state index in [1.807, 2.05) is 0 Å². The summed E-state index contributed by atoms with van der Waals surface area (Å²) in [6, 6.07) is 1.67. The molecule has 0 unspecified atom stereocenters. The molecule has 0 saturated heterocycles. The maximum atomic E-state index is 11.1. The summed E-state index contributed by atoms with van der Waals surface area (Å²) in [7, 11) is 0. The monoisotopic (exact) mass is 236 g/mol. The van der Waals surface area contributed by atoms with Gasteiger partial charge in [-0.25, -0.2) is 0 Å². The first-order valence-electron chi connectivity index (χ1n) is 3.54. The number of nitrogens with zero attached hydrogens (tertiary/aromatic N) is 2. The Hall–Kier alpha value is -0.544. The number of benzene rings is 1. The van der Waals surface area contributed by atoms with Crippen LogP contribution in [0.25, 0.3) is 0 Å². The molecule has 0 aliphatic heterocycles. The van der Waals surface area contributed by atoms with Crippen molar-refractivity contribution in [3.05, 3.63) is 37.9 Å². The molecule has 0 amide bonds. The molecule has 0 radical (unpaired) electrons. The van der Waals surface area contributed by atoms with E-state index >= 15 is 0 Å². The van der Waals surface area contributed by atoms with Crippen molar-refractivity contribution in [1.29, 1.82) is 0 Å². The Morgan fingerprint density at radius 3 is 2.07 bits per heavy atom. The van der Waals surface area contributed by atoms with Gasteiger partial charge in [-0.3, -0.25) is 20.2 Å². The second-order valence-corrected chi connectivity index (χ2v) is 2.63. The minimum absolute atomic E-state index is 0. The van der Waals surface area contributed by atoms with Gasteiger partial charge in [-0.15, -0.1) is 0 Å². The van der Waals surface area contributed by atoms with E-state index in [-0.39, 0.29) is 56.9 Å². The van der Waals surface area contributed by atoms with Gasteiger partial charge in [0.1, 0.15) is 0 Å². The van der Waals surface area contributed by atoms with Crippen LogP contribution in [0, 0.1) is 27.2 Å². The van der Waals surface area contributed by atoms with Crippen molar-refractivity contribution in [2.75, 3.05) is 0 Å². The standard InChI is InChI=1S/C7H6N2O5.K/c1-4-2-5(8(11)12)3-6(7(4)10)9(13)14;/h2-3,10H,1H3;/q;+1/p-1. The molecule has 1 aromatic rings. The molecular formula is C7H5KN2O5. The number of nitro benzene ring substituents is 2. The average Bonchev–Trinajstić information content (AvgIpc) is 2.08. The van der Waals surface area contributed by atoms with Gasteiger partial charge >= 0.3 is 51.4 Å². The van der Waals surface area contributed by atoms with Gasteiger partial charge in [0.05, 0.1) is 15.9 Å². The summed E-state index contributed by atoms with van der Waals surface area (Å²) < 4.78 is 0. The maximum absolute atomic E-state index is 11.1. The fraction of sp³-hybridized carbons (Fsp3) is 0.143. The van der Waals surface area contributed by atoms with Crippen LogP contribution in [0.5, 0.6) is 5.75 Å². The van der Waals surface area contributed by atoms with Gasteiger partial charge in [-0.2, -0.15) is 0 Å². The van der Waals surface area contributed by atoms with E-state index in [2.05, 4.69) is 0 Å².